The number of nitrogens with one attached hydrogen (secondary N) is 1. The topological polar surface area (TPSA) is 39.1 Å². The lowest BCUT2D eigenvalue weighted by Crippen LogP contribution is -2.24. The first-order valence-corrected chi connectivity index (χ1v) is 8.60. The maximum Gasteiger partial charge on any atom is 0.435 e. The Kier molecular flexibility index (Phi) is 4.26. The zero-order valence-corrected chi connectivity index (χ0v) is 15.0. The van der Waals surface area contributed by atoms with Crippen molar-refractivity contribution in [1.29, 1.82) is 0 Å². The van der Waals surface area contributed by atoms with E-state index in [1.54, 1.807) is 18.2 Å². The molecule has 0 saturated heterocycles. The normalized spacial score (nSPS) is 16.4. The van der Waals surface area contributed by atoms with Crippen molar-refractivity contribution in [2.45, 2.75) is 12.2 Å². The van der Waals surface area contributed by atoms with Crippen molar-refractivity contribution in [3.05, 3.63) is 64.8 Å². The van der Waals surface area contributed by atoms with Gasteiger partial charge in [-0.2, -0.15) is 18.3 Å². The van der Waals surface area contributed by atoms with Gasteiger partial charge in [-0.1, -0.05) is 35.9 Å². The lowest BCUT2D eigenvalue weighted by Gasteiger charge is -2.28. The van der Waals surface area contributed by atoms with Crippen LogP contribution in [0.25, 0.3) is 11.3 Å². The average molecular weight is 394 g/mol. The van der Waals surface area contributed by atoms with Gasteiger partial charge < -0.3 is 10.1 Å². The number of nitrogens with zero attached hydrogens (tertiary/aromatic N) is 2. The molecule has 0 bridgehead atoms. The summed E-state index contributed by atoms with van der Waals surface area (Å²) in [5.74, 6) is 0.575. The van der Waals surface area contributed by atoms with Crippen molar-refractivity contribution >= 4 is 17.3 Å². The van der Waals surface area contributed by atoms with E-state index in [2.05, 4.69) is 10.4 Å². The van der Waals surface area contributed by atoms with E-state index in [4.69, 9.17) is 16.3 Å². The average Bonchev–Trinajstić information content (AvgIpc) is 3.03. The van der Waals surface area contributed by atoms with Crippen LogP contribution < -0.4 is 10.1 Å². The van der Waals surface area contributed by atoms with E-state index < -0.39 is 11.9 Å². The minimum absolute atomic E-state index is 0.106. The Morgan fingerprint density at radius 1 is 1.19 bits per heavy atom. The number of aryl methyl sites for hydroxylation is 1. The quantitative estimate of drug-likeness (QED) is 0.641. The molecule has 27 heavy (non-hydrogen) atoms. The van der Waals surface area contributed by atoms with Gasteiger partial charge in [0, 0.05) is 17.6 Å². The first-order valence-electron chi connectivity index (χ1n) is 8.22. The molecule has 0 fully saturated rings. The lowest BCUT2D eigenvalue weighted by atomic mass is 10.0. The van der Waals surface area contributed by atoms with Gasteiger partial charge >= 0.3 is 6.18 Å². The summed E-state index contributed by atoms with van der Waals surface area (Å²) >= 11 is 6.25. The van der Waals surface area contributed by atoms with Gasteiger partial charge in [-0.05, 0) is 29.8 Å². The van der Waals surface area contributed by atoms with Crippen molar-refractivity contribution in [3.63, 3.8) is 0 Å². The molecule has 0 amide bonds. The smallest absolute Gasteiger partial charge is 0.435 e. The number of hydrogen-bond acceptors (Lipinski definition) is 3. The summed E-state index contributed by atoms with van der Waals surface area (Å²) in [6.07, 6.45) is -4.48. The first kappa shape index (κ1) is 17.7. The van der Waals surface area contributed by atoms with E-state index in [9.17, 15) is 13.2 Å². The van der Waals surface area contributed by atoms with Crippen molar-refractivity contribution in [3.8, 4) is 17.0 Å². The summed E-state index contributed by atoms with van der Waals surface area (Å²) in [4.78, 5) is 0. The van der Waals surface area contributed by atoms with Gasteiger partial charge in [0.05, 0.1) is 17.4 Å². The van der Waals surface area contributed by atoms with Crippen LogP contribution in [-0.4, -0.2) is 16.4 Å². The summed E-state index contributed by atoms with van der Waals surface area (Å²) in [5, 5.41) is 7.56. The van der Waals surface area contributed by atoms with Crippen LogP contribution in [0.4, 0.5) is 18.9 Å². The summed E-state index contributed by atoms with van der Waals surface area (Å²) in [5.41, 5.74) is 1.72. The molecule has 0 aliphatic carbocycles. The Morgan fingerprint density at radius 3 is 2.67 bits per heavy atom. The number of hydrogen-bond donors (Lipinski definition) is 1. The molecule has 4 rings (SSSR count). The van der Waals surface area contributed by atoms with Crippen LogP contribution in [0.1, 0.15) is 17.3 Å². The van der Waals surface area contributed by atoms with Crippen LogP contribution >= 0.6 is 11.6 Å². The van der Waals surface area contributed by atoms with E-state index in [1.807, 2.05) is 24.3 Å². The monoisotopic (exact) mass is 393 g/mol. The molecule has 0 saturated carbocycles. The number of ether oxygens (including phenoxy) is 1. The van der Waals surface area contributed by atoms with Gasteiger partial charge in [0.2, 0.25) is 0 Å². The lowest BCUT2D eigenvalue weighted by molar-refractivity contribution is -0.141. The van der Waals surface area contributed by atoms with E-state index in [0.29, 0.717) is 28.6 Å². The molecule has 1 aromatic heterocycles. The third-order valence-corrected chi connectivity index (χ3v) is 4.81. The molecule has 0 spiro atoms. The van der Waals surface area contributed by atoms with Gasteiger partial charge in [-0.15, -0.1) is 0 Å². The van der Waals surface area contributed by atoms with Crippen molar-refractivity contribution in [2.75, 3.05) is 11.9 Å². The van der Waals surface area contributed by atoms with Gasteiger partial charge in [0.25, 0.3) is 0 Å². The third kappa shape index (κ3) is 3.35. The highest BCUT2D eigenvalue weighted by molar-refractivity contribution is 6.31. The Hall–Kier alpha value is -2.67. The van der Waals surface area contributed by atoms with Crippen LogP contribution in [-0.2, 0) is 13.2 Å². The second-order valence-electron chi connectivity index (χ2n) is 6.28. The SMILES string of the molecule is Cn1nc(C(F)(F)F)cc1-c1ccc2c(c1)OCC(c1ccccc1Cl)N2. The molecule has 1 aliphatic heterocycles. The Balaban J connectivity index is 1.63. The fraction of sp³-hybridized carbons (Fsp3) is 0.211. The van der Waals surface area contributed by atoms with Gasteiger partial charge in [-0.25, -0.2) is 0 Å². The second-order valence-corrected chi connectivity index (χ2v) is 6.68. The third-order valence-electron chi connectivity index (χ3n) is 4.46. The van der Waals surface area contributed by atoms with Crippen LogP contribution in [0.2, 0.25) is 5.02 Å². The Bertz CT molecular complexity index is 1000. The van der Waals surface area contributed by atoms with E-state index in [1.165, 1.54) is 11.7 Å². The Morgan fingerprint density at radius 2 is 1.96 bits per heavy atom. The van der Waals surface area contributed by atoms with Crippen molar-refractivity contribution < 1.29 is 17.9 Å². The molecule has 2 heterocycles. The number of halogens is 4. The maximum absolute atomic E-state index is 12.9. The molecule has 1 atom stereocenters. The standard InChI is InChI=1S/C19H15ClF3N3O/c1-26-16(9-18(25-26)19(21,22)23)11-6-7-14-17(8-11)27-10-15(24-14)12-4-2-3-5-13(12)20/h2-9,15,24H,10H2,1H3. The molecule has 4 nitrogen and oxygen atoms in total. The number of rotatable bonds is 2. The number of anilines is 1. The summed E-state index contributed by atoms with van der Waals surface area (Å²) < 4.78 is 45.7. The highest BCUT2D eigenvalue weighted by Crippen LogP contribution is 2.39. The van der Waals surface area contributed by atoms with E-state index in [-0.39, 0.29) is 6.04 Å². The molecule has 0 radical (unpaired) electrons. The van der Waals surface area contributed by atoms with Crippen LogP contribution in [0.5, 0.6) is 5.75 Å². The number of benzene rings is 2. The zero-order valence-electron chi connectivity index (χ0n) is 14.2. The minimum atomic E-state index is -4.48. The van der Waals surface area contributed by atoms with Gasteiger partial charge in [0.1, 0.15) is 12.4 Å². The molecular formula is C19H15ClF3N3O. The van der Waals surface area contributed by atoms with E-state index in [0.717, 1.165) is 17.3 Å². The predicted octanol–water partition coefficient (Wildman–Crippen LogP) is 5.30. The second kappa shape index (κ2) is 6.49. The minimum Gasteiger partial charge on any atom is -0.489 e. The van der Waals surface area contributed by atoms with Gasteiger partial charge in [0.15, 0.2) is 5.69 Å². The van der Waals surface area contributed by atoms with Crippen LogP contribution in [0.15, 0.2) is 48.5 Å². The van der Waals surface area contributed by atoms with Gasteiger partial charge in [-0.3, -0.25) is 4.68 Å². The largest absolute Gasteiger partial charge is 0.489 e. The molecule has 1 aliphatic rings. The molecule has 140 valence electrons. The van der Waals surface area contributed by atoms with Crippen molar-refractivity contribution in [1.82, 2.24) is 9.78 Å². The maximum atomic E-state index is 12.9. The van der Waals surface area contributed by atoms with Crippen molar-refractivity contribution in [2.24, 2.45) is 7.05 Å². The first-order chi connectivity index (χ1) is 12.8. The molecular weight excluding hydrogens is 379 g/mol. The number of alkyl halides is 3. The molecule has 2 aromatic carbocycles. The van der Waals surface area contributed by atoms with E-state index >= 15 is 0 Å². The molecule has 1 N–H and O–H groups in total. The predicted molar refractivity (Wildman–Crippen MR) is 97.0 cm³/mol. The number of fused-ring (bicyclic) bond motifs is 1. The zero-order chi connectivity index (χ0) is 19.2. The summed E-state index contributed by atoms with van der Waals surface area (Å²) in [7, 11) is 1.48. The summed E-state index contributed by atoms with van der Waals surface area (Å²) in [6, 6.07) is 13.7. The number of aromatic nitrogens is 2. The van der Waals surface area contributed by atoms with Crippen LogP contribution in [0, 0.1) is 0 Å². The fourth-order valence-corrected chi connectivity index (χ4v) is 3.39. The molecule has 1 unspecified atom stereocenters. The van der Waals surface area contributed by atoms with Crippen LogP contribution in [0.3, 0.4) is 0 Å². The summed E-state index contributed by atoms with van der Waals surface area (Å²) in [6.45, 7) is 0.360. The molecule has 3 aromatic rings. The highest BCUT2D eigenvalue weighted by Gasteiger charge is 2.34. The fourth-order valence-electron chi connectivity index (χ4n) is 3.12. The molecule has 8 heteroatoms. The highest BCUT2D eigenvalue weighted by atomic mass is 35.5. The Labute approximate surface area is 158 Å².